The van der Waals surface area contributed by atoms with Crippen molar-refractivity contribution in [2.24, 2.45) is 5.73 Å². The van der Waals surface area contributed by atoms with Crippen LogP contribution in [0.25, 0.3) is 0 Å². The normalized spacial score (nSPS) is 17.5. The van der Waals surface area contributed by atoms with Crippen LogP contribution in [0.1, 0.15) is 30.9 Å². The third kappa shape index (κ3) is 3.71. The number of alkyl halides is 3. The molecule has 144 valence electrons. The van der Waals surface area contributed by atoms with Gasteiger partial charge >= 0.3 is 12.1 Å². The van der Waals surface area contributed by atoms with Crippen LogP contribution in [0.2, 0.25) is 5.02 Å². The number of allylic oxidation sites excluding steroid dienone is 2. The number of benzene rings is 1. The van der Waals surface area contributed by atoms with E-state index in [4.69, 9.17) is 26.8 Å². The Balaban J connectivity index is 2.74. The van der Waals surface area contributed by atoms with Gasteiger partial charge in [0.05, 0.1) is 28.7 Å². The molecule has 0 radical (unpaired) electrons. The van der Waals surface area contributed by atoms with Crippen LogP contribution in [0.15, 0.2) is 34.9 Å². The van der Waals surface area contributed by atoms with E-state index in [9.17, 15) is 27.6 Å². The largest absolute Gasteiger partial charge is 0.463 e. The molecule has 2 rings (SSSR count). The van der Waals surface area contributed by atoms with Crippen molar-refractivity contribution in [3.05, 3.63) is 56.9 Å². The fourth-order valence-corrected chi connectivity index (χ4v) is 2.95. The van der Waals surface area contributed by atoms with Gasteiger partial charge in [-0.25, -0.2) is 9.18 Å². The van der Waals surface area contributed by atoms with Crippen molar-refractivity contribution >= 4 is 17.6 Å². The monoisotopic (exact) mass is 404 g/mol. The molecule has 10 heteroatoms. The van der Waals surface area contributed by atoms with Crippen molar-refractivity contribution in [3.8, 4) is 6.07 Å². The number of esters is 1. The Morgan fingerprint density at radius 2 is 2.07 bits per heavy atom. The zero-order valence-electron chi connectivity index (χ0n) is 14.1. The third-order valence-electron chi connectivity index (χ3n) is 3.83. The molecule has 27 heavy (non-hydrogen) atoms. The number of hydrogen-bond acceptors (Lipinski definition) is 5. The summed E-state index contributed by atoms with van der Waals surface area (Å²) in [6.45, 7) is 2.83. The zero-order valence-corrected chi connectivity index (χ0v) is 14.8. The molecule has 0 spiro atoms. The number of rotatable bonds is 3. The molecule has 1 unspecified atom stereocenters. The summed E-state index contributed by atoms with van der Waals surface area (Å²) in [5, 5.41) is 8.20. The molecule has 1 aliphatic heterocycles. The molecule has 2 N–H and O–H groups in total. The summed E-state index contributed by atoms with van der Waals surface area (Å²) in [6, 6.07) is 3.07. The molecule has 0 fully saturated rings. The lowest BCUT2D eigenvalue weighted by Gasteiger charge is -2.27. The van der Waals surface area contributed by atoms with Gasteiger partial charge in [0.15, 0.2) is 0 Å². The lowest BCUT2D eigenvalue weighted by Crippen LogP contribution is -2.26. The molecular weight excluding hydrogens is 392 g/mol. The quantitative estimate of drug-likeness (QED) is 0.604. The average Bonchev–Trinajstić information content (AvgIpc) is 2.55. The van der Waals surface area contributed by atoms with Crippen LogP contribution in [0.5, 0.6) is 0 Å². The summed E-state index contributed by atoms with van der Waals surface area (Å²) in [6.07, 6.45) is -4.88. The molecule has 1 heterocycles. The lowest BCUT2D eigenvalue weighted by atomic mass is 9.82. The predicted octanol–water partition coefficient (Wildman–Crippen LogP) is 4.14. The van der Waals surface area contributed by atoms with Gasteiger partial charge in [0, 0.05) is 5.56 Å². The molecule has 0 amide bonds. The van der Waals surface area contributed by atoms with Gasteiger partial charge in [-0.05, 0) is 19.9 Å². The predicted molar refractivity (Wildman–Crippen MR) is 86.4 cm³/mol. The topological polar surface area (TPSA) is 85.3 Å². The Morgan fingerprint density at radius 3 is 2.59 bits per heavy atom. The van der Waals surface area contributed by atoms with E-state index in [2.05, 4.69) is 0 Å². The van der Waals surface area contributed by atoms with Gasteiger partial charge in [-0.2, -0.15) is 18.4 Å². The van der Waals surface area contributed by atoms with Gasteiger partial charge in [0.1, 0.15) is 23.2 Å². The van der Waals surface area contributed by atoms with E-state index >= 15 is 0 Å². The van der Waals surface area contributed by atoms with Crippen molar-refractivity contribution in [1.82, 2.24) is 0 Å². The van der Waals surface area contributed by atoms with Crippen molar-refractivity contribution in [2.75, 3.05) is 6.61 Å². The molecule has 1 atom stereocenters. The number of nitrogens with two attached hydrogens (primary N) is 1. The Morgan fingerprint density at radius 1 is 1.44 bits per heavy atom. The van der Waals surface area contributed by atoms with E-state index in [1.165, 1.54) is 13.8 Å². The number of hydrogen-bond donors (Lipinski definition) is 1. The summed E-state index contributed by atoms with van der Waals surface area (Å²) in [5.74, 6) is -4.24. The molecule has 0 saturated heterocycles. The minimum Gasteiger partial charge on any atom is -0.463 e. The van der Waals surface area contributed by atoms with Gasteiger partial charge < -0.3 is 15.2 Å². The average molecular weight is 405 g/mol. The van der Waals surface area contributed by atoms with Crippen LogP contribution in [0, 0.1) is 17.1 Å². The zero-order chi connectivity index (χ0) is 20.5. The Labute approximate surface area is 156 Å². The van der Waals surface area contributed by atoms with Crippen molar-refractivity contribution < 1.29 is 31.8 Å². The molecule has 0 saturated carbocycles. The van der Waals surface area contributed by atoms with Gasteiger partial charge in [0.25, 0.3) is 0 Å². The van der Waals surface area contributed by atoms with E-state index in [0.29, 0.717) is 6.07 Å². The second kappa shape index (κ2) is 7.48. The third-order valence-corrected chi connectivity index (χ3v) is 4.20. The van der Waals surface area contributed by atoms with Gasteiger partial charge in [-0.15, -0.1) is 0 Å². The fraction of sp³-hybridized carbons (Fsp3) is 0.294. The molecule has 5 nitrogen and oxygen atoms in total. The van der Waals surface area contributed by atoms with E-state index < -0.39 is 45.9 Å². The van der Waals surface area contributed by atoms with E-state index in [1.807, 2.05) is 0 Å². The number of nitrogens with zero attached hydrogens (tertiary/aromatic N) is 1. The van der Waals surface area contributed by atoms with E-state index in [1.54, 1.807) is 6.07 Å². The highest BCUT2D eigenvalue weighted by Gasteiger charge is 2.40. The minimum absolute atomic E-state index is 0.0281. The second-order valence-corrected chi connectivity index (χ2v) is 5.82. The maximum atomic E-state index is 14.7. The highest BCUT2D eigenvalue weighted by Crippen LogP contribution is 2.44. The van der Waals surface area contributed by atoms with Crippen molar-refractivity contribution in [2.45, 2.75) is 25.9 Å². The van der Waals surface area contributed by atoms with Crippen LogP contribution >= 0.6 is 11.6 Å². The Kier molecular flexibility index (Phi) is 5.70. The number of ether oxygens (including phenoxy) is 2. The minimum atomic E-state index is -4.88. The summed E-state index contributed by atoms with van der Waals surface area (Å²) >= 11 is 5.57. The first kappa shape index (κ1) is 20.6. The first-order chi connectivity index (χ1) is 12.5. The molecule has 1 aromatic rings. The molecular formula is C17H13ClF4N2O3. The number of halogens is 5. The van der Waals surface area contributed by atoms with Crippen LogP contribution in [0.4, 0.5) is 17.6 Å². The van der Waals surface area contributed by atoms with Crippen LogP contribution < -0.4 is 5.73 Å². The van der Waals surface area contributed by atoms with Gasteiger partial charge in [-0.3, -0.25) is 0 Å². The van der Waals surface area contributed by atoms with Crippen molar-refractivity contribution in [1.29, 1.82) is 5.26 Å². The highest BCUT2D eigenvalue weighted by atomic mass is 35.5. The number of carbonyl (C=O) groups is 1. The molecule has 0 aromatic heterocycles. The summed E-state index contributed by atoms with van der Waals surface area (Å²) < 4.78 is 63.6. The first-order valence-electron chi connectivity index (χ1n) is 7.55. The van der Waals surface area contributed by atoms with Crippen LogP contribution in [0.3, 0.4) is 0 Å². The molecule has 1 aliphatic rings. The first-order valence-corrected chi connectivity index (χ1v) is 7.92. The van der Waals surface area contributed by atoms with Crippen LogP contribution in [-0.4, -0.2) is 12.6 Å². The number of nitriles is 1. The van der Waals surface area contributed by atoms with E-state index in [-0.39, 0.29) is 23.5 Å². The second-order valence-electron chi connectivity index (χ2n) is 5.44. The van der Waals surface area contributed by atoms with Crippen molar-refractivity contribution in [3.63, 3.8) is 0 Å². The Hall–Kier alpha value is -2.73. The molecule has 0 aliphatic carbocycles. The Bertz CT molecular complexity index is 901. The summed E-state index contributed by atoms with van der Waals surface area (Å²) in [7, 11) is 0. The molecule has 1 aromatic carbocycles. The smallest absolute Gasteiger partial charge is 0.417 e. The molecule has 0 bridgehead atoms. The highest BCUT2D eigenvalue weighted by molar-refractivity contribution is 6.31. The fourth-order valence-electron chi connectivity index (χ4n) is 2.67. The van der Waals surface area contributed by atoms with Gasteiger partial charge in [0.2, 0.25) is 5.88 Å². The number of carbonyl (C=O) groups excluding carboxylic acids is 1. The summed E-state index contributed by atoms with van der Waals surface area (Å²) in [5.41, 5.74) is 3.23. The standard InChI is InChI=1S/C17H13ClF4N2O3/c1-3-26-16(25)11-7(2)27-15(24)9(6-23)12(11)8-4-5-10(17(20,21)22)13(18)14(8)19/h4-5,12H,3,24H2,1-2H3. The lowest BCUT2D eigenvalue weighted by molar-refractivity contribution is -0.139. The van der Waals surface area contributed by atoms with Crippen LogP contribution in [-0.2, 0) is 20.4 Å². The van der Waals surface area contributed by atoms with E-state index in [0.717, 1.165) is 6.07 Å². The maximum absolute atomic E-state index is 14.7. The summed E-state index contributed by atoms with van der Waals surface area (Å²) in [4.78, 5) is 12.3. The van der Waals surface area contributed by atoms with Gasteiger partial charge in [-0.1, -0.05) is 17.7 Å². The SMILES string of the molecule is CCOC(=O)C1=C(C)OC(N)=C(C#N)C1c1ccc(C(F)(F)F)c(Cl)c1F. The maximum Gasteiger partial charge on any atom is 0.417 e.